The van der Waals surface area contributed by atoms with Crippen LogP contribution in [0.15, 0.2) is 109 Å². The molecular formula is C29H21Cl2FN2O4S. The molecule has 1 amide bonds. The zero-order valence-electron chi connectivity index (χ0n) is 20.3. The van der Waals surface area contributed by atoms with Crippen LogP contribution in [0, 0.1) is 5.82 Å². The molecule has 0 heterocycles. The van der Waals surface area contributed by atoms with E-state index in [1.165, 1.54) is 66.7 Å². The molecule has 0 aliphatic rings. The van der Waals surface area contributed by atoms with Gasteiger partial charge in [-0.1, -0.05) is 47.5 Å². The van der Waals surface area contributed by atoms with Crippen molar-refractivity contribution in [2.75, 3.05) is 16.2 Å². The molecule has 1 N–H and O–H groups in total. The van der Waals surface area contributed by atoms with Gasteiger partial charge < -0.3 is 5.32 Å². The highest BCUT2D eigenvalue weighted by atomic mass is 35.5. The van der Waals surface area contributed by atoms with E-state index in [2.05, 4.69) is 11.9 Å². The topological polar surface area (TPSA) is 83.6 Å². The minimum atomic E-state index is -4.10. The normalized spacial score (nSPS) is 11.1. The van der Waals surface area contributed by atoms with Gasteiger partial charge in [0.2, 0.25) is 0 Å². The van der Waals surface area contributed by atoms with Crippen LogP contribution in [-0.4, -0.2) is 26.7 Å². The number of nitrogens with one attached hydrogen (secondary N) is 1. The number of nitrogens with zero attached hydrogens (tertiary/aromatic N) is 1. The van der Waals surface area contributed by atoms with Crippen LogP contribution in [0.3, 0.4) is 0 Å². The van der Waals surface area contributed by atoms with Crippen molar-refractivity contribution >= 4 is 56.3 Å². The highest BCUT2D eigenvalue weighted by molar-refractivity contribution is 7.92. The first-order valence-corrected chi connectivity index (χ1v) is 13.7. The summed E-state index contributed by atoms with van der Waals surface area (Å²) in [4.78, 5) is 26.1. The Hall–Kier alpha value is -3.98. The van der Waals surface area contributed by atoms with Gasteiger partial charge >= 0.3 is 0 Å². The van der Waals surface area contributed by atoms with Crippen molar-refractivity contribution in [2.24, 2.45) is 0 Å². The summed E-state index contributed by atoms with van der Waals surface area (Å²) in [5.41, 5.74) is 0.259. The smallest absolute Gasteiger partial charge is 0.264 e. The van der Waals surface area contributed by atoms with Gasteiger partial charge in [-0.05, 0) is 72.8 Å². The van der Waals surface area contributed by atoms with Gasteiger partial charge in [0.05, 0.1) is 28.4 Å². The molecular weight excluding hydrogens is 562 g/mol. The molecule has 0 saturated carbocycles. The minimum Gasteiger partial charge on any atom is -0.321 e. The Labute approximate surface area is 235 Å². The number of halogens is 3. The molecule has 0 aliphatic carbocycles. The van der Waals surface area contributed by atoms with E-state index >= 15 is 0 Å². The summed E-state index contributed by atoms with van der Waals surface area (Å²) in [5.74, 6) is -2.08. The molecule has 10 heteroatoms. The molecule has 198 valence electrons. The number of carbonyl (C=O) groups excluding carboxylic acids is 2. The molecule has 0 aromatic heterocycles. The molecule has 4 aromatic rings. The Morgan fingerprint density at radius 3 is 2.26 bits per heavy atom. The number of hydrogen-bond donors (Lipinski definition) is 1. The van der Waals surface area contributed by atoms with Crippen molar-refractivity contribution in [1.29, 1.82) is 0 Å². The summed E-state index contributed by atoms with van der Waals surface area (Å²) in [6, 6.07) is 21.4. The first-order valence-electron chi connectivity index (χ1n) is 11.5. The molecule has 0 saturated heterocycles. The number of sulfonamides is 1. The number of amides is 1. The number of anilines is 2. The van der Waals surface area contributed by atoms with E-state index in [9.17, 15) is 22.4 Å². The van der Waals surface area contributed by atoms with Crippen molar-refractivity contribution in [2.45, 2.75) is 4.90 Å². The van der Waals surface area contributed by atoms with Gasteiger partial charge in [0.25, 0.3) is 15.9 Å². The van der Waals surface area contributed by atoms with Crippen LogP contribution in [0.2, 0.25) is 10.0 Å². The van der Waals surface area contributed by atoms with Crippen LogP contribution < -0.4 is 9.62 Å². The highest BCUT2D eigenvalue weighted by Crippen LogP contribution is 2.28. The Balaban J connectivity index is 1.66. The maximum atomic E-state index is 14.3. The third kappa shape index (κ3) is 6.20. The van der Waals surface area contributed by atoms with E-state index in [4.69, 9.17) is 23.2 Å². The SMILES string of the molecule is C=CCN(c1ccc(Cl)cc1)S(=O)(=O)c1cccc(C(=O)Nc2ccc(Cl)cc2C(=O)c2ccccc2F)c1. The lowest BCUT2D eigenvalue weighted by molar-refractivity contribution is 0.102. The first-order chi connectivity index (χ1) is 18.6. The summed E-state index contributed by atoms with van der Waals surface area (Å²) >= 11 is 12.0. The van der Waals surface area contributed by atoms with Crippen molar-refractivity contribution in [3.8, 4) is 0 Å². The van der Waals surface area contributed by atoms with Gasteiger partial charge in [-0.2, -0.15) is 0 Å². The first kappa shape index (κ1) is 28.0. The van der Waals surface area contributed by atoms with E-state index in [0.717, 1.165) is 10.4 Å². The van der Waals surface area contributed by atoms with Crippen molar-refractivity contribution in [1.82, 2.24) is 0 Å². The number of ketones is 1. The lowest BCUT2D eigenvalue weighted by Crippen LogP contribution is -2.31. The number of hydrogen-bond acceptors (Lipinski definition) is 4. The average molecular weight is 583 g/mol. The fourth-order valence-electron chi connectivity index (χ4n) is 3.79. The Morgan fingerprint density at radius 1 is 0.872 bits per heavy atom. The quantitative estimate of drug-likeness (QED) is 0.170. The fourth-order valence-corrected chi connectivity index (χ4v) is 5.57. The van der Waals surface area contributed by atoms with Crippen molar-refractivity contribution < 1.29 is 22.4 Å². The molecule has 0 spiro atoms. The third-order valence-corrected chi connectivity index (χ3v) is 7.96. The second-order valence-electron chi connectivity index (χ2n) is 8.28. The minimum absolute atomic E-state index is 0.0185. The Kier molecular flexibility index (Phi) is 8.50. The number of benzene rings is 4. The van der Waals surface area contributed by atoms with Crippen LogP contribution in [0.25, 0.3) is 0 Å². The maximum absolute atomic E-state index is 14.3. The van der Waals surface area contributed by atoms with Crippen LogP contribution >= 0.6 is 23.2 Å². The predicted molar refractivity (Wildman–Crippen MR) is 152 cm³/mol. The van der Waals surface area contributed by atoms with Crippen LogP contribution in [0.5, 0.6) is 0 Å². The van der Waals surface area contributed by atoms with E-state index in [-0.39, 0.29) is 38.8 Å². The van der Waals surface area contributed by atoms with Gasteiger partial charge in [0, 0.05) is 21.2 Å². The zero-order valence-corrected chi connectivity index (χ0v) is 22.6. The summed E-state index contributed by atoms with van der Waals surface area (Å²) in [6.07, 6.45) is 1.44. The molecule has 4 rings (SSSR count). The second-order valence-corrected chi connectivity index (χ2v) is 11.0. The fraction of sp³-hybridized carbons (Fsp3) is 0.0345. The predicted octanol–water partition coefficient (Wildman–Crippen LogP) is 7.00. The largest absolute Gasteiger partial charge is 0.321 e. The number of carbonyl (C=O) groups is 2. The van der Waals surface area contributed by atoms with Crippen LogP contribution in [0.1, 0.15) is 26.3 Å². The van der Waals surface area contributed by atoms with Gasteiger partial charge in [0.15, 0.2) is 5.78 Å². The lowest BCUT2D eigenvalue weighted by atomic mass is 10.0. The molecule has 0 aliphatic heterocycles. The van der Waals surface area contributed by atoms with Crippen molar-refractivity contribution in [3.63, 3.8) is 0 Å². The van der Waals surface area contributed by atoms with Crippen molar-refractivity contribution in [3.05, 3.63) is 136 Å². The van der Waals surface area contributed by atoms with Gasteiger partial charge in [-0.3, -0.25) is 13.9 Å². The van der Waals surface area contributed by atoms with Gasteiger partial charge in [-0.25, -0.2) is 12.8 Å². The lowest BCUT2D eigenvalue weighted by Gasteiger charge is -2.23. The summed E-state index contributed by atoms with van der Waals surface area (Å²) in [6.45, 7) is 3.62. The molecule has 39 heavy (non-hydrogen) atoms. The van der Waals surface area contributed by atoms with E-state index in [0.29, 0.717) is 10.7 Å². The monoisotopic (exact) mass is 582 g/mol. The second kappa shape index (κ2) is 11.8. The Bertz CT molecular complexity index is 1680. The molecule has 6 nitrogen and oxygen atoms in total. The number of rotatable bonds is 9. The van der Waals surface area contributed by atoms with Crippen LogP contribution in [0.4, 0.5) is 15.8 Å². The van der Waals surface area contributed by atoms with Crippen LogP contribution in [-0.2, 0) is 10.0 Å². The third-order valence-electron chi connectivity index (χ3n) is 5.69. The molecule has 4 aromatic carbocycles. The van der Waals surface area contributed by atoms with Gasteiger partial charge in [-0.15, -0.1) is 6.58 Å². The summed E-state index contributed by atoms with van der Waals surface area (Å²) < 4.78 is 42.5. The molecule has 0 unspecified atom stereocenters. The zero-order chi connectivity index (χ0) is 28.2. The summed E-state index contributed by atoms with van der Waals surface area (Å²) in [7, 11) is -4.10. The van der Waals surface area contributed by atoms with E-state index < -0.39 is 27.5 Å². The standard InChI is InChI=1S/C29H21Cl2FN2O4S/c1-2-16-34(22-13-10-20(30)11-14-22)39(37,38)23-7-5-6-19(17-23)29(36)33-27-15-12-21(31)18-25(27)28(35)24-8-3-4-9-26(24)32/h2-15,17-18H,1,16H2,(H,33,36). The molecule has 0 atom stereocenters. The molecule has 0 fully saturated rings. The van der Waals surface area contributed by atoms with E-state index in [1.807, 2.05) is 0 Å². The van der Waals surface area contributed by atoms with Gasteiger partial charge in [0.1, 0.15) is 5.82 Å². The van der Waals surface area contributed by atoms with E-state index in [1.54, 1.807) is 24.3 Å². The Morgan fingerprint density at radius 2 is 1.56 bits per heavy atom. The maximum Gasteiger partial charge on any atom is 0.264 e. The highest BCUT2D eigenvalue weighted by Gasteiger charge is 2.25. The molecule has 0 bridgehead atoms. The molecule has 0 radical (unpaired) electrons. The average Bonchev–Trinajstić information content (AvgIpc) is 2.93. The summed E-state index contributed by atoms with van der Waals surface area (Å²) in [5, 5.41) is 3.28.